The van der Waals surface area contributed by atoms with Crippen LogP contribution in [0, 0.1) is 0 Å². The van der Waals surface area contributed by atoms with Crippen LogP contribution in [-0.4, -0.2) is 11.9 Å². The van der Waals surface area contributed by atoms with Crippen molar-refractivity contribution >= 4 is 5.91 Å². The summed E-state index contributed by atoms with van der Waals surface area (Å²) in [5, 5.41) is 3.20. The Balaban J connectivity index is 1.87. The first-order valence-corrected chi connectivity index (χ1v) is 8.62. The first-order valence-electron chi connectivity index (χ1n) is 8.62. The van der Waals surface area contributed by atoms with Gasteiger partial charge in [0.15, 0.2) is 0 Å². The summed E-state index contributed by atoms with van der Waals surface area (Å²) in [6, 6.07) is 0.482. The van der Waals surface area contributed by atoms with Gasteiger partial charge >= 0.3 is 0 Å². The smallest absolute Gasteiger partial charge is 0.220 e. The first-order chi connectivity index (χ1) is 9.33. The Morgan fingerprint density at radius 3 is 2.11 bits per heavy atom. The second-order valence-corrected chi connectivity index (χ2v) is 6.13. The fourth-order valence-corrected chi connectivity index (χ4v) is 2.97. The summed E-state index contributed by atoms with van der Waals surface area (Å²) >= 11 is 0. The molecule has 0 atom stereocenters. The van der Waals surface area contributed by atoms with E-state index in [2.05, 4.69) is 12.2 Å². The second kappa shape index (κ2) is 11.3. The molecule has 0 saturated heterocycles. The van der Waals surface area contributed by atoms with Gasteiger partial charge < -0.3 is 5.32 Å². The van der Waals surface area contributed by atoms with Crippen molar-refractivity contribution < 1.29 is 4.79 Å². The maximum atomic E-state index is 11.8. The molecule has 0 heterocycles. The lowest BCUT2D eigenvalue weighted by Crippen LogP contribution is -2.35. The molecule has 0 bridgehead atoms. The van der Waals surface area contributed by atoms with E-state index in [0.717, 1.165) is 12.8 Å². The van der Waals surface area contributed by atoms with E-state index in [1.807, 2.05) is 0 Å². The highest BCUT2D eigenvalue weighted by molar-refractivity contribution is 5.76. The number of hydrogen-bond donors (Lipinski definition) is 1. The molecule has 0 aromatic carbocycles. The lowest BCUT2D eigenvalue weighted by molar-refractivity contribution is -0.122. The molecule has 0 aromatic heterocycles. The topological polar surface area (TPSA) is 29.1 Å². The van der Waals surface area contributed by atoms with Gasteiger partial charge in [-0.3, -0.25) is 4.79 Å². The van der Waals surface area contributed by atoms with Gasteiger partial charge in [0.05, 0.1) is 0 Å². The Morgan fingerprint density at radius 2 is 1.47 bits per heavy atom. The van der Waals surface area contributed by atoms with Gasteiger partial charge in [-0.1, -0.05) is 71.1 Å². The molecule has 0 aromatic rings. The fourth-order valence-electron chi connectivity index (χ4n) is 2.97. The van der Waals surface area contributed by atoms with Crippen LogP contribution in [0.3, 0.4) is 0 Å². The highest BCUT2D eigenvalue weighted by Gasteiger charge is 2.14. The van der Waals surface area contributed by atoms with Crippen LogP contribution in [0.4, 0.5) is 0 Å². The normalized spacial score (nSPS) is 16.5. The zero-order chi connectivity index (χ0) is 13.8. The van der Waals surface area contributed by atoms with Crippen LogP contribution in [0.1, 0.15) is 96.8 Å². The molecule has 0 spiro atoms. The van der Waals surface area contributed by atoms with Gasteiger partial charge in [-0.05, 0) is 19.3 Å². The summed E-state index contributed by atoms with van der Waals surface area (Å²) in [5.41, 5.74) is 0. The van der Waals surface area contributed by atoms with E-state index in [1.54, 1.807) is 0 Å². The Morgan fingerprint density at radius 1 is 0.895 bits per heavy atom. The van der Waals surface area contributed by atoms with Crippen LogP contribution in [0.5, 0.6) is 0 Å². The van der Waals surface area contributed by atoms with Crippen LogP contribution >= 0.6 is 0 Å². The molecule has 19 heavy (non-hydrogen) atoms. The predicted octanol–water partition coefficient (Wildman–Crippen LogP) is 4.97. The molecule has 1 fully saturated rings. The molecular weight excluding hydrogens is 234 g/mol. The minimum atomic E-state index is 0.290. The largest absolute Gasteiger partial charge is 0.353 e. The van der Waals surface area contributed by atoms with Crippen molar-refractivity contribution in [3.8, 4) is 0 Å². The van der Waals surface area contributed by atoms with E-state index in [-0.39, 0.29) is 5.91 Å². The van der Waals surface area contributed by atoms with E-state index in [0.29, 0.717) is 6.04 Å². The van der Waals surface area contributed by atoms with Gasteiger partial charge in [0.1, 0.15) is 0 Å². The van der Waals surface area contributed by atoms with Crippen molar-refractivity contribution in [1.29, 1.82) is 0 Å². The van der Waals surface area contributed by atoms with E-state index in [4.69, 9.17) is 0 Å². The third-order valence-corrected chi connectivity index (χ3v) is 4.23. The van der Waals surface area contributed by atoms with Crippen LogP contribution in [0.2, 0.25) is 0 Å². The average molecular weight is 267 g/mol. The Hall–Kier alpha value is -0.530. The number of carbonyl (C=O) groups is 1. The Bertz CT molecular complexity index is 221. The maximum absolute atomic E-state index is 11.8. The molecule has 1 saturated carbocycles. The molecule has 2 heteroatoms. The number of nitrogens with one attached hydrogen (secondary N) is 1. The number of rotatable bonds is 10. The minimum absolute atomic E-state index is 0.290. The second-order valence-electron chi connectivity index (χ2n) is 6.13. The molecule has 1 amide bonds. The summed E-state index contributed by atoms with van der Waals surface area (Å²) in [7, 11) is 0. The number of carbonyl (C=O) groups excluding carboxylic acids is 1. The van der Waals surface area contributed by atoms with Crippen LogP contribution in [0.15, 0.2) is 0 Å². The standard InChI is InChI=1S/C17H33NO/c1-2-3-4-5-6-7-8-12-15-17(19)18-16-13-10-9-11-14-16/h16H,2-15H2,1H3,(H,18,19). The van der Waals surface area contributed by atoms with E-state index >= 15 is 0 Å². The minimum Gasteiger partial charge on any atom is -0.353 e. The van der Waals surface area contributed by atoms with Gasteiger partial charge in [-0.25, -0.2) is 0 Å². The van der Waals surface area contributed by atoms with Gasteiger partial charge in [0.2, 0.25) is 5.91 Å². The van der Waals surface area contributed by atoms with Crippen molar-refractivity contribution in [1.82, 2.24) is 5.32 Å². The van der Waals surface area contributed by atoms with Gasteiger partial charge in [0, 0.05) is 12.5 Å². The SMILES string of the molecule is CCCCCCCCCCC(=O)NC1CCCCC1. The lowest BCUT2D eigenvalue weighted by Gasteiger charge is -2.22. The molecular formula is C17H33NO. The summed E-state index contributed by atoms with van der Waals surface area (Å²) in [6.45, 7) is 2.25. The number of hydrogen-bond acceptors (Lipinski definition) is 1. The van der Waals surface area contributed by atoms with E-state index in [1.165, 1.54) is 77.0 Å². The molecule has 2 nitrogen and oxygen atoms in total. The third kappa shape index (κ3) is 9.07. The van der Waals surface area contributed by atoms with Crippen molar-refractivity contribution in [2.75, 3.05) is 0 Å². The molecule has 1 rings (SSSR count). The predicted molar refractivity (Wildman–Crippen MR) is 82.2 cm³/mol. The lowest BCUT2D eigenvalue weighted by atomic mass is 9.95. The van der Waals surface area contributed by atoms with Crippen LogP contribution < -0.4 is 5.32 Å². The molecule has 0 radical (unpaired) electrons. The monoisotopic (exact) mass is 267 g/mol. The molecule has 0 aliphatic heterocycles. The van der Waals surface area contributed by atoms with Crippen molar-refractivity contribution in [3.05, 3.63) is 0 Å². The van der Waals surface area contributed by atoms with Crippen molar-refractivity contribution in [2.24, 2.45) is 0 Å². The average Bonchev–Trinajstić information content (AvgIpc) is 2.43. The van der Waals surface area contributed by atoms with Gasteiger partial charge in [0.25, 0.3) is 0 Å². The van der Waals surface area contributed by atoms with E-state index < -0.39 is 0 Å². The summed E-state index contributed by atoms with van der Waals surface area (Å²) in [4.78, 5) is 11.8. The third-order valence-electron chi connectivity index (χ3n) is 4.23. The van der Waals surface area contributed by atoms with Gasteiger partial charge in [-0.15, -0.1) is 0 Å². The number of unbranched alkanes of at least 4 members (excludes halogenated alkanes) is 7. The molecule has 0 unspecified atom stereocenters. The van der Waals surface area contributed by atoms with Gasteiger partial charge in [-0.2, -0.15) is 0 Å². The van der Waals surface area contributed by atoms with Crippen LogP contribution in [0.25, 0.3) is 0 Å². The summed E-state index contributed by atoms with van der Waals surface area (Å²) in [5.74, 6) is 0.290. The molecule has 1 aliphatic carbocycles. The molecule has 1 aliphatic rings. The summed E-state index contributed by atoms with van der Waals surface area (Å²) in [6.07, 6.45) is 17.5. The van der Waals surface area contributed by atoms with Crippen molar-refractivity contribution in [3.63, 3.8) is 0 Å². The zero-order valence-corrected chi connectivity index (χ0v) is 12.9. The summed E-state index contributed by atoms with van der Waals surface area (Å²) < 4.78 is 0. The first kappa shape index (κ1) is 16.5. The molecule has 1 N–H and O–H groups in total. The Labute approximate surface area is 119 Å². The molecule has 112 valence electrons. The van der Waals surface area contributed by atoms with Crippen molar-refractivity contribution in [2.45, 2.75) is 103 Å². The van der Waals surface area contributed by atoms with E-state index in [9.17, 15) is 4.79 Å². The highest BCUT2D eigenvalue weighted by atomic mass is 16.1. The zero-order valence-electron chi connectivity index (χ0n) is 12.9. The maximum Gasteiger partial charge on any atom is 0.220 e. The van der Waals surface area contributed by atoms with Crippen LogP contribution in [-0.2, 0) is 4.79 Å². The highest BCUT2D eigenvalue weighted by Crippen LogP contribution is 2.17. The quantitative estimate of drug-likeness (QED) is 0.556. The Kier molecular flexibility index (Phi) is 9.84. The fraction of sp³-hybridized carbons (Fsp3) is 0.941. The number of amides is 1.